The van der Waals surface area contributed by atoms with Gasteiger partial charge in [-0.15, -0.1) is 0 Å². The number of aromatic nitrogens is 2. The van der Waals surface area contributed by atoms with E-state index in [9.17, 15) is 8.42 Å². The Labute approximate surface area is 112 Å². The summed E-state index contributed by atoms with van der Waals surface area (Å²) in [4.78, 5) is 0.222. The topological polar surface area (TPSA) is 73.2 Å². The van der Waals surface area contributed by atoms with Crippen LogP contribution in [0.3, 0.4) is 0 Å². The van der Waals surface area contributed by atoms with E-state index in [1.165, 1.54) is 18.3 Å². The molecule has 1 heterocycles. The minimum absolute atomic E-state index is 0.222. The van der Waals surface area contributed by atoms with Crippen molar-refractivity contribution < 1.29 is 13.2 Å². The van der Waals surface area contributed by atoms with Gasteiger partial charge in [-0.3, -0.25) is 9.40 Å². The van der Waals surface area contributed by atoms with Crippen LogP contribution in [0.5, 0.6) is 0 Å². The second kappa shape index (κ2) is 5.85. The number of hydrogen-bond donors (Lipinski definition) is 1. The quantitative estimate of drug-likeness (QED) is 0.867. The number of sulfonamides is 1. The molecule has 0 bridgehead atoms. The van der Waals surface area contributed by atoms with Crippen LogP contribution in [0.4, 0.5) is 5.69 Å². The van der Waals surface area contributed by atoms with Crippen LogP contribution in [0, 0.1) is 0 Å². The Balaban J connectivity index is 2.10. The fourth-order valence-corrected chi connectivity index (χ4v) is 2.59. The number of ether oxygens (including phenoxy) is 1. The van der Waals surface area contributed by atoms with E-state index < -0.39 is 10.0 Å². The van der Waals surface area contributed by atoms with Gasteiger partial charge in [0.2, 0.25) is 0 Å². The summed E-state index contributed by atoms with van der Waals surface area (Å²) >= 11 is 0. The highest BCUT2D eigenvalue weighted by Crippen LogP contribution is 2.14. The summed E-state index contributed by atoms with van der Waals surface area (Å²) in [6, 6.07) is 8.20. The van der Waals surface area contributed by atoms with Crippen molar-refractivity contribution >= 4 is 15.7 Å². The van der Waals surface area contributed by atoms with Crippen molar-refractivity contribution in [1.82, 2.24) is 9.78 Å². The molecule has 0 atom stereocenters. The van der Waals surface area contributed by atoms with Gasteiger partial charge >= 0.3 is 0 Å². The van der Waals surface area contributed by atoms with E-state index in [0.29, 0.717) is 18.8 Å². The summed E-state index contributed by atoms with van der Waals surface area (Å²) in [5, 5.41) is 4.04. The minimum atomic E-state index is -3.56. The molecule has 0 unspecified atom stereocenters. The maximum Gasteiger partial charge on any atom is 0.261 e. The van der Waals surface area contributed by atoms with Crippen molar-refractivity contribution in [2.75, 3.05) is 18.4 Å². The lowest BCUT2D eigenvalue weighted by molar-refractivity contribution is 0.183. The van der Waals surface area contributed by atoms with Gasteiger partial charge in [0.05, 0.1) is 29.9 Å². The van der Waals surface area contributed by atoms with Crippen LogP contribution in [-0.4, -0.2) is 31.9 Å². The molecule has 0 saturated heterocycles. The number of rotatable bonds is 6. The van der Waals surface area contributed by atoms with Gasteiger partial charge in [0, 0.05) is 13.3 Å². The molecule has 2 rings (SSSR count). The van der Waals surface area contributed by atoms with Crippen LogP contribution in [0.25, 0.3) is 0 Å². The van der Waals surface area contributed by atoms with Crippen LogP contribution in [0.1, 0.15) is 0 Å². The Kier molecular flexibility index (Phi) is 4.18. The third-order valence-corrected chi connectivity index (χ3v) is 3.86. The molecule has 19 heavy (non-hydrogen) atoms. The van der Waals surface area contributed by atoms with Crippen LogP contribution in [-0.2, 0) is 21.3 Å². The zero-order valence-electron chi connectivity index (χ0n) is 10.5. The first-order valence-corrected chi connectivity index (χ1v) is 7.19. The first kappa shape index (κ1) is 13.6. The van der Waals surface area contributed by atoms with Crippen molar-refractivity contribution in [3.63, 3.8) is 0 Å². The van der Waals surface area contributed by atoms with Gasteiger partial charge < -0.3 is 4.74 Å². The molecule has 1 N–H and O–H groups in total. The fraction of sp³-hybridized carbons (Fsp3) is 0.250. The summed E-state index contributed by atoms with van der Waals surface area (Å²) < 4.78 is 33.1. The molecule has 0 amide bonds. The van der Waals surface area contributed by atoms with Gasteiger partial charge in [-0.25, -0.2) is 8.42 Å². The lowest BCUT2D eigenvalue weighted by Crippen LogP contribution is -2.12. The highest BCUT2D eigenvalue weighted by molar-refractivity contribution is 7.92. The fourth-order valence-electron chi connectivity index (χ4n) is 1.54. The van der Waals surface area contributed by atoms with Crippen LogP contribution in [0.2, 0.25) is 0 Å². The number of benzene rings is 1. The van der Waals surface area contributed by atoms with Crippen molar-refractivity contribution in [2.24, 2.45) is 0 Å². The van der Waals surface area contributed by atoms with Gasteiger partial charge in [-0.05, 0) is 12.1 Å². The first-order valence-electron chi connectivity index (χ1n) is 5.71. The second-order valence-electron chi connectivity index (χ2n) is 3.90. The van der Waals surface area contributed by atoms with E-state index in [1.54, 1.807) is 36.2 Å². The molecule has 0 saturated carbocycles. The smallest absolute Gasteiger partial charge is 0.261 e. The number of methoxy groups -OCH3 is 1. The molecular formula is C12H15N3O3S. The van der Waals surface area contributed by atoms with E-state index in [2.05, 4.69) is 9.82 Å². The molecular weight excluding hydrogens is 266 g/mol. The standard InChI is InChI=1S/C12H15N3O3S/c1-18-8-7-15-10-11(9-13-15)14-19(16,17)12-5-3-2-4-6-12/h2-6,9-10,14H,7-8H2,1H3. The van der Waals surface area contributed by atoms with E-state index >= 15 is 0 Å². The lowest BCUT2D eigenvalue weighted by atomic mass is 10.4. The maximum absolute atomic E-state index is 12.1. The Hall–Kier alpha value is -1.86. The predicted molar refractivity (Wildman–Crippen MR) is 71.4 cm³/mol. The Morgan fingerprint density at radius 1 is 1.32 bits per heavy atom. The molecule has 2 aromatic rings. The lowest BCUT2D eigenvalue weighted by Gasteiger charge is -2.05. The zero-order chi connectivity index (χ0) is 13.7. The van der Waals surface area contributed by atoms with Gasteiger partial charge in [-0.2, -0.15) is 5.10 Å². The molecule has 1 aromatic carbocycles. The molecule has 102 valence electrons. The van der Waals surface area contributed by atoms with E-state index in [4.69, 9.17) is 4.74 Å². The molecule has 6 nitrogen and oxygen atoms in total. The number of anilines is 1. The highest BCUT2D eigenvalue weighted by atomic mass is 32.2. The average molecular weight is 281 g/mol. The molecule has 0 spiro atoms. The number of nitrogens with zero attached hydrogens (tertiary/aromatic N) is 2. The predicted octanol–water partition coefficient (Wildman–Crippen LogP) is 1.33. The van der Waals surface area contributed by atoms with Crippen molar-refractivity contribution in [3.8, 4) is 0 Å². The largest absolute Gasteiger partial charge is 0.383 e. The third kappa shape index (κ3) is 3.55. The van der Waals surface area contributed by atoms with Crippen LogP contribution < -0.4 is 4.72 Å². The molecule has 0 aliphatic rings. The van der Waals surface area contributed by atoms with Crippen molar-refractivity contribution in [3.05, 3.63) is 42.7 Å². The second-order valence-corrected chi connectivity index (χ2v) is 5.59. The summed E-state index contributed by atoms with van der Waals surface area (Å²) in [7, 11) is -1.96. The van der Waals surface area contributed by atoms with E-state index in [1.807, 2.05) is 0 Å². The molecule has 1 aromatic heterocycles. The number of nitrogens with one attached hydrogen (secondary N) is 1. The highest BCUT2D eigenvalue weighted by Gasteiger charge is 2.14. The normalized spacial score (nSPS) is 11.4. The summed E-state index contributed by atoms with van der Waals surface area (Å²) in [6.45, 7) is 1.09. The molecule has 0 radical (unpaired) electrons. The first-order chi connectivity index (χ1) is 9.12. The molecule has 0 fully saturated rings. The van der Waals surface area contributed by atoms with E-state index in [0.717, 1.165) is 0 Å². The molecule has 0 aliphatic heterocycles. The van der Waals surface area contributed by atoms with Crippen molar-refractivity contribution in [1.29, 1.82) is 0 Å². The van der Waals surface area contributed by atoms with Gasteiger partial charge in [0.25, 0.3) is 10.0 Å². The summed E-state index contributed by atoms with van der Waals surface area (Å²) in [6.07, 6.45) is 3.09. The van der Waals surface area contributed by atoms with Gasteiger partial charge in [0.1, 0.15) is 0 Å². The van der Waals surface area contributed by atoms with Crippen molar-refractivity contribution in [2.45, 2.75) is 11.4 Å². The SMILES string of the molecule is COCCn1cc(NS(=O)(=O)c2ccccc2)cn1. The maximum atomic E-state index is 12.1. The Bertz CT molecular complexity index is 623. The minimum Gasteiger partial charge on any atom is -0.383 e. The Morgan fingerprint density at radius 3 is 2.74 bits per heavy atom. The molecule has 7 heteroatoms. The van der Waals surface area contributed by atoms with Crippen LogP contribution >= 0.6 is 0 Å². The monoisotopic (exact) mass is 281 g/mol. The van der Waals surface area contributed by atoms with Crippen LogP contribution in [0.15, 0.2) is 47.6 Å². The molecule has 0 aliphatic carbocycles. The zero-order valence-corrected chi connectivity index (χ0v) is 11.3. The number of hydrogen-bond acceptors (Lipinski definition) is 4. The Morgan fingerprint density at radius 2 is 2.05 bits per heavy atom. The van der Waals surface area contributed by atoms with E-state index in [-0.39, 0.29) is 4.90 Å². The average Bonchev–Trinajstić information content (AvgIpc) is 2.84. The summed E-state index contributed by atoms with van der Waals surface area (Å²) in [5.41, 5.74) is 0.431. The van der Waals surface area contributed by atoms with Gasteiger partial charge in [0.15, 0.2) is 0 Å². The summed E-state index contributed by atoms with van der Waals surface area (Å²) in [5.74, 6) is 0. The van der Waals surface area contributed by atoms with Gasteiger partial charge in [-0.1, -0.05) is 18.2 Å². The third-order valence-electron chi connectivity index (χ3n) is 2.46.